The molecule has 0 radical (unpaired) electrons. The lowest BCUT2D eigenvalue weighted by Gasteiger charge is -2.06. The molecule has 5 heteroatoms. The molecule has 3 heterocycles. The SMILES string of the molecule is Cc1nn2c(=O)c3cc(-c4ccccc4)sc3nc2c2ccccc12. The van der Waals surface area contributed by atoms with Crippen LogP contribution in [0.3, 0.4) is 0 Å². The first-order chi connectivity index (χ1) is 12.2. The average molecular weight is 343 g/mol. The van der Waals surface area contributed by atoms with E-state index in [-0.39, 0.29) is 5.56 Å². The maximum Gasteiger partial charge on any atom is 0.283 e. The van der Waals surface area contributed by atoms with Gasteiger partial charge in [0.15, 0.2) is 5.65 Å². The topological polar surface area (TPSA) is 47.3 Å². The Morgan fingerprint density at radius 3 is 2.44 bits per heavy atom. The number of thiophene rings is 1. The summed E-state index contributed by atoms with van der Waals surface area (Å²) >= 11 is 1.54. The van der Waals surface area contributed by atoms with Crippen molar-refractivity contribution in [3.8, 4) is 10.4 Å². The quantitative estimate of drug-likeness (QED) is 0.423. The van der Waals surface area contributed by atoms with Gasteiger partial charge in [0.25, 0.3) is 5.56 Å². The van der Waals surface area contributed by atoms with Crippen LogP contribution in [0.4, 0.5) is 0 Å². The number of aromatic nitrogens is 3. The largest absolute Gasteiger partial charge is 0.283 e. The van der Waals surface area contributed by atoms with Gasteiger partial charge < -0.3 is 0 Å². The minimum atomic E-state index is -0.118. The summed E-state index contributed by atoms with van der Waals surface area (Å²) in [5, 5.41) is 7.07. The molecular formula is C20H13N3OS. The average Bonchev–Trinajstić information content (AvgIpc) is 3.09. The van der Waals surface area contributed by atoms with Crippen molar-refractivity contribution < 1.29 is 0 Å². The second-order valence-corrected chi connectivity index (χ2v) is 7.01. The normalized spacial score (nSPS) is 11.6. The Hall–Kier alpha value is -3.05. The standard InChI is InChI=1S/C20H13N3OS/c1-12-14-9-5-6-10-15(14)18-21-19-16(20(24)23(18)22-12)11-17(25-19)13-7-3-2-4-8-13/h2-11H,1H3. The van der Waals surface area contributed by atoms with Crippen molar-refractivity contribution in [2.24, 2.45) is 0 Å². The van der Waals surface area contributed by atoms with E-state index in [1.165, 1.54) is 15.9 Å². The Labute approximate surface area is 147 Å². The molecule has 5 rings (SSSR count). The third-order valence-corrected chi connectivity index (χ3v) is 5.49. The molecule has 0 spiro atoms. The van der Waals surface area contributed by atoms with Gasteiger partial charge in [0, 0.05) is 15.6 Å². The zero-order chi connectivity index (χ0) is 17.0. The maximum atomic E-state index is 13.0. The van der Waals surface area contributed by atoms with E-state index in [9.17, 15) is 4.79 Å². The van der Waals surface area contributed by atoms with Gasteiger partial charge in [-0.25, -0.2) is 4.98 Å². The van der Waals surface area contributed by atoms with Crippen LogP contribution >= 0.6 is 11.3 Å². The molecule has 0 atom stereocenters. The molecular weight excluding hydrogens is 330 g/mol. The molecule has 0 aliphatic carbocycles. The highest BCUT2D eigenvalue weighted by molar-refractivity contribution is 7.21. The summed E-state index contributed by atoms with van der Waals surface area (Å²) < 4.78 is 1.43. The molecule has 3 aromatic heterocycles. The van der Waals surface area contributed by atoms with Crippen molar-refractivity contribution in [3.63, 3.8) is 0 Å². The molecule has 0 amide bonds. The number of rotatable bonds is 1. The van der Waals surface area contributed by atoms with Crippen LogP contribution in [0.5, 0.6) is 0 Å². The van der Waals surface area contributed by atoms with Crippen LogP contribution in [0.1, 0.15) is 5.69 Å². The summed E-state index contributed by atoms with van der Waals surface area (Å²) in [6.45, 7) is 1.92. The summed E-state index contributed by atoms with van der Waals surface area (Å²) in [4.78, 5) is 19.6. The van der Waals surface area contributed by atoms with E-state index in [2.05, 4.69) is 5.10 Å². The number of fused-ring (bicyclic) bond motifs is 4. The summed E-state index contributed by atoms with van der Waals surface area (Å²) in [5.41, 5.74) is 2.41. The van der Waals surface area contributed by atoms with Crippen molar-refractivity contribution in [2.75, 3.05) is 0 Å². The minimum absolute atomic E-state index is 0.118. The zero-order valence-corrected chi connectivity index (χ0v) is 14.2. The lowest BCUT2D eigenvalue weighted by atomic mass is 10.1. The Morgan fingerprint density at radius 1 is 0.920 bits per heavy atom. The van der Waals surface area contributed by atoms with Gasteiger partial charge in [0.1, 0.15) is 4.83 Å². The van der Waals surface area contributed by atoms with Gasteiger partial charge in [-0.1, -0.05) is 54.6 Å². The van der Waals surface area contributed by atoms with Crippen molar-refractivity contribution in [2.45, 2.75) is 6.92 Å². The number of benzene rings is 2. The van der Waals surface area contributed by atoms with Crippen LogP contribution in [0.15, 0.2) is 65.5 Å². The van der Waals surface area contributed by atoms with E-state index in [4.69, 9.17) is 4.98 Å². The number of hydrogen-bond donors (Lipinski definition) is 0. The first-order valence-corrected chi connectivity index (χ1v) is 8.81. The molecule has 0 unspecified atom stereocenters. The van der Waals surface area contributed by atoms with Crippen molar-refractivity contribution in [1.82, 2.24) is 14.6 Å². The van der Waals surface area contributed by atoms with E-state index >= 15 is 0 Å². The Balaban J connectivity index is 1.92. The number of aryl methyl sites for hydroxylation is 1. The third-order valence-electron chi connectivity index (χ3n) is 4.41. The molecule has 0 bridgehead atoms. The molecule has 4 nitrogen and oxygen atoms in total. The monoisotopic (exact) mass is 343 g/mol. The molecule has 0 aliphatic rings. The molecule has 120 valence electrons. The fraction of sp³-hybridized carbons (Fsp3) is 0.0500. The lowest BCUT2D eigenvalue weighted by molar-refractivity contribution is 0.868. The second-order valence-electron chi connectivity index (χ2n) is 5.98. The van der Waals surface area contributed by atoms with Gasteiger partial charge >= 0.3 is 0 Å². The van der Waals surface area contributed by atoms with E-state index < -0.39 is 0 Å². The van der Waals surface area contributed by atoms with Gasteiger partial charge in [-0.15, -0.1) is 11.3 Å². The molecule has 0 fully saturated rings. The first kappa shape index (κ1) is 14.3. The van der Waals surface area contributed by atoms with E-state index in [0.717, 1.165) is 31.7 Å². The van der Waals surface area contributed by atoms with Crippen LogP contribution in [0.25, 0.3) is 37.1 Å². The smallest absolute Gasteiger partial charge is 0.267 e. The highest BCUT2D eigenvalue weighted by atomic mass is 32.1. The predicted molar refractivity (Wildman–Crippen MR) is 102 cm³/mol. The first-order valence-electron chi connectivity index (χ1n) is 8.00. The van der Waals surface area contributed by atoms with Gasteiger partial charge in [0.05, 0.1) is 11.1 Å². The van der Waals surface area contributed by atoms with E-state index in [0.29, 0.717) is 11.0 Å². The zero-order valence-electron chi connectivity index (χ0n) is 13.4. The summed E-state index contributed by atoms with van der Waals surface area (Å²) in [5.74, 6) is 0. The molecule has 0 aliphatic heterocycles. The summed E-state index contributed by atoms with van der Waals surface area (Å²) in [6.07, 6.45) is 0. The molecule has 0 saturated heterocycles. The molecule has 25 heavy (non-hydrogen) atoms. The third kappa shape index (κ3) is 2.09. The second kappa shape index (κ2) is 5.22. The van der Waals surface area contributed by atoms with E-state index in [1.54, 1.807) is 0 Å². The predicted octanol–water partition coefficient (Wildman–Crippen LogP) is 4.43. The van der Waals surface area contributed by atoms with Crippen LogP contribution in [0.2, 0.25) is 0 Å². The van der Waals surface area contributed by atoms with Gasteiger partial charge in [-0.05, 0) is 18.6 Å². The highest BCUT2D eigenvalue weighted by Gasteiger charge is 2.14. The number of nitrogens with zero attached hydrogens (tertiary/aromatic N) is 3. The van der Waals surface area contributed by atoms with Crippen molar-refractivity contribution in [1.29, 1.82) is 0 Å². The van der Waals surface area contributed by atoms with Gasteiger partial charge in [-0.2, -0.15) is 9.61 Å². The summed E-state index contributed by atoms with van der Waals surface area (Å²) in [6, 6.07) is 19.9. The highest BCUT2D eigenvalue weighted by Crippen LogP contribution is 2.31. The van der Waals surface area contributed by atoms with Gasteiger partial charge in [-0.3, -0.25) is 4.79 Å². The fourth-order valence-corrected chi connectivity index (χ4v) is 4.21. The van der Waals surface area contributed by atoms with Crippen LogP contribution in [-0.4, -0.2) is 14.6 Å². The van der Waals surface area contributed by atoms with E-state index in [1.807, 2.05) is 67.6 Å². The Kier molecular flexibility index (Phi) is 2.99. The Bertz CT molecular complexity index is 1320. The van der Waals surface area contributed by atoms with Crippen LogP contribution < -0.4 is 5.56 Å². The maximum absolute atomic E-state index is 13.0. The van der Waals surface area contributed by atoms with Crippen LogP contribution in [0, 0.1) is 6.92 Å². The number of hydrogen-bond acceptors (Lipinski definition) is 4. The Morgan fingerprint density at radius 2 is 1.64 bits per heavy atom. The van der Waals surface area contributed by atoms with Crippen LogP contribution in [-0.2, 0) is 0 Å². The van der Waals surface area contributed by atoms with Gasteiger partial charge in [0.2, 0.25) is 0 Å². The fourth-order valence-electron chi connectivity index (χ4n) is 3.18. The lowest BCUT2D eigenvalue weighted by Crippen LogP contribution is -2.18. The van der Waals surface area contributed by atoms with Crippen molar-refractivity contribution >= 4 is 38.0 Å². The molecule has 2 aromatic carbocycles. The minimum Gasteiger partial charge on any atom is -0.267 e. The van der Waals surface area contributed by atoms with Crippen molar-refractivity contribution in [3.05, 3.63) is 76.7 Å². The molecule has 0 saturated carbocycles. The summed E-state index contributed by atoms with van der Waals surface area (Å²) in [7, 11) is 0. The molecule has 5 aromatic rings. The molecule has 0 N–H and O–H groups in total.